The van der Waals surface area contributed by atoms with Crippen LogP contribution in [0.25, 0.3) is 0 Å². The Morgan fingerprint density at radius 3 is 2.10 bits per heavy atom. The van der Waals surface area contributed by atoms with Gasteiger partial charge in [-0.05, 0) is 18.1 Å². The molecular formula is C26H27N5O9. The lowest BCUT2D eigenvalue weighted by Crippen LogP contribution is -2.44. The minimum absolute atomic E-state index is 0. The molecule has 1 saturated heterocycles. The number of carbonyl (C=O) groups excluding carboxylic acids is 4. The molecule has 1 heterocycles. The van der Waals surface area contributed by atoms with Crippen LogP contribution in [-0.2, 0) is 29.5 Å². The molecule has 3 rings (SSSR count). The SMILES string of the molecule is C[C@@]1(c2ccc(C(=N)N)cc2)NC(=O)N(CC(=O)N[C@@H](CC(=O)[O-])c2ccccc2)C1=O.O=C(O)/C=C\C(=O)O.[H+]. The molecule has 2 aromatic carbocycles. The first-order chi connectivity index (χ1) is 18.7. The van der Waals surface area contributed by atoms with Gasteiger partial charge < -0.3 is 36.5 Å². The Labute approximate surface area is 229 Å². The van der Waals surface area contributed by atoms with Crippen molar-refractivity contribution in [2.45, 2.75) is 24.9 Å². The van der Waals surface area contributed by atoms with Crippen molar-refractivity contribution in [3.63, 3.8) is 0 Å². The number of hydrogen-bond donors (Lipinski definition) is 6. The molecule has 4 amide bonds. The number of amides is 4. The molecule has 40 heavy (non-hydrogen) atoms. The van der Waals surface area contributed by atoms with E-state index >= 15 is 0 Å². The van der Waals surface area contributed by atoms with E-state index in [1.54, 1.807) is 54.6 Å². The Balaban J connectivity index is 0.000000818. The zero-order valence-electron chi connectivity index (χ0n) is 22.1. The van der Waals surface area contributed by atoms with Crippen LogP contribution in [0.1, 0.15) is 37.5 Å². The summed E-state index contributed by atoms with van der Waals surface area (Å²) in [6.07, 6.45) is 0.654. The third-order valence-corrected chi connectivity index (χ3v) is 5.63. The predicted molar refractivity (Wildman–Crippen MR) is 138 cm³/mol. The Hall–Kier alpha value is -5.53. The van der Waals surface area contributed by atoms with Gasteiger partial charge >= 0.3 is 19.4 Å². The molecule has 0 spiro atoms. The fraction of sp³-hybridized carbons (Fsp3) is 0.192. The van der Waals surface area contributed by atoms with E-state index in [4.69, 9.17) is 21.4 Å². The van der Waals surface area contributed by atoms with E-state index in [2.05, 4.69) is 10.6 Å². The third-order valence-electron chi connectivity index (χ3n) is 5.63. The fourth-order valence-electron chi connectivity index (χ4n) is 3.65. The summed E-state index contributed by atoms with van der Waals surface area (Å²) in [5.74, 6) is -5.33. The summed E-state index contributed by atoms with van der Waals surface area (Å²) in [4.78, 5) is 69.1. The zero-order valence-corrected chi connectivity index (χ0v) is 21.1. The van der Waals surface area contributed by atoms with Gasteiger partial charge in [0.05, 0.1) is 6.04 Å². The first-order valence-electron chi connectivity index (χ1n) is 11.5. The smallest absolute Gasteiger partial charge is 0.550 e. The number of carboxylic acid groups (broad SMARTS) is 3. The molecule has 1 aliphatic heterocycles. The average Bonchev–Trinajstić information content (AvgIpc) is 3.11. The molecule has 14 nitrogen and oxygen atoms in total. The normalized spacial score (nSPS) is 16.9. The number of aliphatic carboxylic acids is 3. The largest absolute Gasteiger partial charge is 1.00 e. The van der Waals surface area contributed by atoms with E-state index < -0.39 is 60.3 Å². The number of nitrogens with one attached hydrogen (secondary N) is 3. The molecule has 0 unspecified atom stereocenters. The number of nitrogen functional groups attached to an aromatic ring is 1. The summed E-state index contributed by atoms with van der Waals surface area (Å²) >= 11 is 0. The van der Waals surface area contributed by atoms with Gasteiger partial charge in [-0.1, -0.05) is 54.6 Å². The molecule has 14 heteroatoms. The highest BCUT2D eigenvalue weighted by Crippen LogP contribution is 2.29. The topological polar surface area (TPSA) is 243 Å². The van der Waals surface area contributed by atoms with Gasteiger partial charge in [-0.2, -0.15) is 0 Å². The molecule has 2 aromatic rings. The molecule has 0 aromatic heterocycles. The van der Waals surface area contributed by atoms with E-state index in [0.717, 1.165) is 4.90 Å². The summed E-state index contributed by atoms with van der Waals surface area (Å²) in [5, 5.41) is 39.3. The summed E-state index contributed by atoms with van der Waals surface area (Å²) in [5.41, 5.74) is 5.51. The number of urea groups is 1. The maximum absolute atomic E-state index is 13.0. The van der Waals surface area contributed by atoms with Crippen LogP contribution >= 0.6 is 0 Å². The first kappa shape index (κ1) is 30.7. The van der Waals surface area contributed by atoms with Crippen LogP contribution in [0.2, 0.25) is 0 Å². The lowest BCUT2D eigenvalue weighted by atomic mass is 9.91. The monoisotopic (exact) mass is 553 g/mol. The van der Waals surface area contributed by atoms with Gasteiger partial charge in [0.15, 0.2) is 0 Å². The van der Waals surface area contributed by atoms with Crippen LogP contribution in [-0.4, -0.2) is 63.2 Å². The summed E-state index contributed by atoms with van der Waals surface area (Å²) < 4.78 is 0. The molecule has 0 aliphatic carbocycles. The molecule has 0 saturated carbocycles. The lowest BCUT2D eigenvalue weighted by molar-refractivity contribution is -0.306. The van der Waals surface area contributed by atoms with E-state index in [0.29, 0.717) is 28.8 Å². The fourth-order valence-corrected chi connectivity index (χ4v) is 3.65. The third kappa shape index (κ3) is 8.24. The quantitative estimate of drug-likeness (QED) is 0.0958. The van der Waals surface area contributed by atoms with Gasteiger partial charge in [-0.3, -0.25) is 19.9 Å². The van der Waals surface area contributed by atoms with Crippen molar-refractivity contribution < 1.29 is 45.5 Å². The van der Waals surface area contributed by atoms with Crippen molar-refractivity contribution >= 4 is 41.6 Å². The molecule has 1 aliphatic rings. The summed E-state index contributed by atoms with van der Waals surface area (Å²) in [6, 6.07) is 13.1. The van der Waals surface area contributed by atoms with Gasteiger partial charge in [0.1, 0.15) is 17.9 Å². The van der Waals surface area contributed by atoms with Crippen LogP contribution in [0.3, 0.4) is 0 Å². The number of carbonyl (C=O) groups is 6. The van der Waals surface area contributed by atoms with Crippen LogP contribution in [0.5, 0.6) is 0 Å². The molecule has 0 bridgehead atoms. The average molecular weight is 554 g/mol. The van der Waals surface area contributed by atoms with E-state index in [1.807, 2.05) is 0 Å². The zero-order chi connectivity index (χ0) is 30.0. The highest BCUT2D eigenvalue weighted by molar-refractivity contribution is 6.09. The second kappa shape index (κ2) is 13.3. The summed E-state index contributed by atoms with van der Waals surface area (Å²) in [6.45, 7) is 0.930. The molecular weight excluding hydrogens is 526 g/mol. The molecule has 1 fully saturated rings. The van der Waals surface area contributed by atoms with Gasteiger partial charge in [-0.25, -0.2) is 14.4 Å². The van der Waals surface area contributed by atoms with Crippen molar-refractivity contribution in [2.75, 3.05) is 6.54 Å². The number of benzene rings is 2. The number of nitrogens with zero attached hydrogens (tertiary/aromatic N) is 1. The van der Waals surface area contributed by atoms with Crippen molar-refractivity contribution in [3.05, 3.63) is 83.4 Å². The Morgan fingerprint density at radius 1 is 1.07 bits per heavy atom. The van der Waals surface area contributed by atoms with Crippen LogP contribution in [0.15, 0.2) is 66.7 Å². The highest BCUT2D eigenvalue weighted by Gasteiger charge is 2.49. The van der Waals surface area contributed by atoms with Crippen LogP contribution < -0.4 is 21.5 Å². The molecule has 210 valence electrons. The van der Waals surface area contributed by atoms with Crippen molar-refractivity contribution in [3.8, 4) is 0 Å². The minimum Gasteiger partial charge on any atom is -0.550 e. The number of carboxylic acids is 3. The Morgan fingerprint density at radius 2 is 1.62 bits per heavy atom. The maximum Gasteiger partial charge on any atom is 1.00 e. The number of rotatable bonds is 10. The number of hydrogen-bond acceptors (Lipinski definition) is 8. The molecule has 0 radical (unpaired) electrons. The number of nitrogens with two attached hydrogens (primary N) is 1. The molecule has 2 atom stereocenters. The van der Waals surface area contributed by atoms with Gasteiger partial charge in [0.2, 0.25) is 5.91 Å². The maximum atomic E-state index is 13.0. The number of amidine groups is 1. The Bertz CT molecular complexity index is 1330. The predicted octanol–water partition coefficient (Wildman–Crippen LogP) is -0.441. The number of imide groups is 1. The second-order valence-corrected chi connectivity index (χ2v) is 8.55. The van der Waals surface area contributed by atoms with E-state index in [9.17, 15) is 33.9 Å². The van der Waals surface area contributed by atoms with Gasteiger partial charge in [0, 0.05) is 30.1 Å². The van der Waals surface area contributed by atoms with E-state index in [-0.39, 0.29) is 7.26 Å². The van der Waals surface area contributed by atoms with Gasteiger partial charge in [-0.15, -0.1) is 0 Å². The lowest BCUT2D eigenvalue weighted by Gasteiger charge is -2.23. The van der Waals surface area contributed by atoms with Crippen molar-refractivity contribution in [1.82, 2.24) is 15.5 Å². The Kier molecular flexibility index (Phi) is 10.2. The van der Waals surface area contributed by atoms with Crippen molar-refractivity contribution in [1.29, 1.82) is 5.41 Å². The molecule has 7 N–H and O–H groups in total. The first-order valence-corrected chi connectivity index (χ1v) is 11.5. The van der Waals surface area contributed by atoms with Gasteiger partial charge in [0.25, 0.3) is 5.91 Å². The van der Waals surface area contributed by atoms with E-state index in [1.165, 1.54) is 6.92 Å². The standard InChI is InChI=1S/C22H23N5O5.C4H4O4/c1-22(15-9-7-14(8-10-15)19(23)24)20(31)27(21(32)26-22)12-17(28)25-16(11-18(29)30)13-5-3-2-4-6-13;5-3(6)1-2-4(7)8/h2-10,16H,11-12H2,1H3,(H3,23,24)(H,25,28)(H,26,32)(H,29,30);1-2H,(H,5,6)(H,7,8)/b;2-1-/t16-,22-;/m0./s1. The minimum atomic E-state index is -1.41. The second-order valence-electron chi connectivity index (χ2n) is 8.55. The summed E-state index contributed by atoms with van der Waals surface area (Å²) in [7, 11) is 0. The van der Waals surface area contributed by atoms with Crippen LogP contribution in [0.4, 0.5) is 4.79 Å². The van der Waals surface area contributed by atoms with Crippen molar-refractivity contribution in [2.24, 2.45) is 5.73 Å². The highest BCUT2D eigenvalue weighted by atomic mass is 16.4. The van der Waals surface area contributed by atoms with Crippen LogP contribution in [0, 0.1) is 5.41 Å².